The van der Waals surface area contributed by atoms with E-state index in [1.165, 1.54) is 3.71 Å². The zero-order valence-electron chi connectivity index (χ0n) is 9.07. The zero-order valence-corrected chi connectivity index (χ0v) is 11.9. The van der Waals surface area contributed by atoms with Gasteiger partial charge in [0, 0.05) is 0 Å². The molecule has 74 valence electrons. The molecule has 0 bridgehead atoms. The number of fused-ring (bicyclic) bond motifs is 1. The Hall–Kier alpha value is -0.581. The molecule has 0 aliphatic carbocycles. The monoisotopic (exact) mass is 297 g/mol. The van der Waals surface area contributed by atoms with Crippen LogP contribution in [0.4, 0.5) is 0 Å². The van der Waals surface area contributed by atoms with Gasteiger partial charge in [-0.15, -0.1) is 0 Å². The van der Waals surface area contributed by atoms with E-state index in [9.17, 15) is 0 Å². The van der Waals surface area contributed by atoms with E-state index in [2.05, 4.69) is 37.0 Å². The summed E-state index contributed by atoms with van der Waals surface area (Å²) >= 11 is -2.00. The third-order valence-electron chi connectivity index (χ3n) is 2.37. The van der Waals surface area contributed by atoms with Gasteiger partial charge in [-0.25, -0.2) is 0 Å². The molecule has 2 aromatic heterocycles. The van der Waals surface area contributed by atoms with E-state index >= 15 is 0 Å². The van der Waals surface area contributed by atoms with Crippen LogP contribution in [0.5, 0.6) is 0 Å². The van der Waals surface area contributed by atoms with Crippen LogP contribution < -0.4 is 3.71 Å². The Balaban J connectivity index is 2.63. The molecule has 0 atom stereocenters. The van der Waals surface area contributed by atoms with Gasteiger partial charge < -0.3 is 0 Å². The van der Waals surface area contributed by atoms with Gasteiger partial charge in [0.15, 0.2) is 0 Å². The summed E-state index contributed by atoms with van der Waals surface area (Å²) in [5, 5.41) is 4.20. The first kappa shape index (κ1) is 9.95. The fourth-order valence-electron chi connectivity index (χ4n) is 1.46. The molecule has 0 aliphatic rings. The average molecular weight is 296 g/mol. The molecule has 0 radical (unpaired) electrons. The van der Waals surface area contributed by atoms with E-state index in [1.54, 1.807) is 0 Å². The van der Waals surface area contributed by atoms with Crippen LogP contribution in [-0.4, -0.2) is 33.1 Å². The van der Waals surface area contributed by atoms with Gasteiger partial charge in [0.05, 0.1) is 0 Å². The number of aryl methyl sites for hydroxylation is 1. The Kier molecular flexibility index (Phi) is 2.29. The first-order chi connectivity index (χ1) is 6.48. The van der Waals surface area contributed by atoms with Crippen molar-refractivity contribution >= 4 is 33.1 Å². The molecule has 0 fully saturated rings. The van der Waals surface area contributed by atoms with Crippen LogP contribution in [0.1, 0.15) is 0 Å². The number of nitrogens with zero attached hydrogens (tertiary/aromatic N) is 3. The molecule has 2 aromatic rings. The standard InChI is InChI=1S/C7H6N3.3CH3.Sn/c1-10-7-3-2-4-8-6(7)5-9-10;;;;/h2-3,5H,1H3;3*1H3;. The maximum absolute atomic E-state index is 4.68. The van der Waals surface area contributed by atoms with Crippen LogP contribution in [0.15, 0.2) is 18.3 Å². The van der Waals surface area contributed by atoms with Crippen molar-refractivity contribution in [3.8, 4) is 0 Å². The Morgan fingerprint density at radius 3 is 2.57 bits per heavy atom. The zero-order chi connectivity index (χ0) is 10.3. The van der Waals surface area contributed by atoms with Gasteiger partial charge in [-0.2, -0.15) is 0 Å². The van der Waals surface area contributed by atoms with E-state index < -0.39 is 18.4 Å². The molecule has 0 saturated carbocycles. The van der Waals surface area contributed by atoms with Crippen molar-refractivity contribution in [1.82, 2.24) is 14.8 Å². The molecule has 4 heteroatoms. The van der Waals surface area contributed by atoms with Crippen LogP contribution in [0.3, 0.4) is 0 Å². The van der Waals surface area contributed by atoms with Crippen molar-refractivity contribution in [2.24, 2.45) is 7.05 Å². The van der Waals surface area contributed by atoms with Gasteiger partial charge >= 0.3 is 88.1 Å². The van der Waals surface area contributed by atoms with Crippen molar-refractivity contribution in [1.29, 1.82) is 0 Å². The minimum absolute atomic E-state index is 1.02. The molecular formula is C10H15N3Sn. The van der Waals surface area contributed by atoms with Crippen LogP contribution in [0.2, 0.25) is 14.8 Å². The number of aromatic nitrogens is 3. The second kappa shape index (κ2) is 3.22. The summed E-state index contributed by atoms with van der Waals surface area (Å²) in [6.45, 7) is 0. The number of pyridine rings is 1. The van der Waals surface area contributed by atoms with Crippen molar-refractivity contribution in [3.63, 3.8) is 0 Å². The number of rotatable bonds is 1. The molecule has 2 heterocycles. The molecule has 0 unspecified atom stereocenters. The van der Waals surface area contributed by atoms with Gasteiger partial charge in [-0.05, 0) is 0 Å². The third kappa shape index (κ3) is 1.65. The van der Waals surface area contributed by atoms with Gasteiger partial charge in [0.25, 0.3) is 0 Å². The second-order valence-corrected chi connectivity index (χ2v) is 18.9. The molecule has 3 nitrogen and oxygen atoms in total. The van der Waals surface area contributed by atoms with Crippen LogP contribution in [0, 0.1) is 0 Å². The van der Waals surface area contributed by atoms with Gasteiger partial charge in [-0.1, -0.05) is 0 Å². The number of hydrogen-bond donors (Lipinski definition) is 0. The number of hydrogen-bond acceptors (Lipinski definition) is 2. The van der Waals surface area contributed by atoms with Crippen molar-refractivity contribution < 1.29 is 0 Å². The molecule has 0 aromatic carbocycles. The van der Waals surface area contributed by atoms with Crippen molar-refractivity contribution in [2.75, 3.05) is 0 Å². The quantitative estimate of drug-likeness (QED) is 0.747. The van der Waals surface area contributed by atoms with E-state index in [1.807, 2.05) is 17.9 Å². The van der Waals surface area contributed by atoms with Gasteiger partial charge in [-0.3, -0.25) is 0 Å². The fraction of sp³-hybridized carbons (Fsp3) is 0.400. The summed E-state index contributed by atoms with van der Waals surface area (Å²) in [5.74, 6) is 0. The summed E-state index contributed by atoms with van der Waals surface area (Å²) in [5.41, 5.74) is 2.14. The minimum atomic E-state index is -2.00. The normalized spacial score (nSPS) is 12.3. The predicted molar refractivity (Wildman–Crippen MR) is 61.5 cm³/mol. The molecule has 0 amide bonds. The molecule has 0 spiro atoms. The Morgan fingerprint density at radius 2 is 1.93 bits per heavy atom. The molecule has 0 aliphatic heterocycles. The third-order valence-corrected chi connectivity index (χ3v) is 7.55. The molecular weight excluding hydrogens is 281 g/mol. The molecule has 0 N–H and O–H groups in total. The van der Waals surface area contributed by atoms with Gasteiger partial charge in [0.2, 0.25) is 0 Å². The Bertz CT molecular complexity index is 468. The Morgan fingerprint density at radius 1 is 1.21 bits per heavy atom. The van der Waals surface area contributed by atoms with E-state index in [-0.39, 0.29) is 0 Å². The summed E-state index contributed by atoms with van der Waals surface area (Å²) < 4.78 is 3.18. The average Bonchev–Trinajstić information content (AvgIpc) is 2.46. The van der Waals surface area contributed by atoms with Gasteiger partial charge in [0.1, 0.15) is 0 Å². The summed E-state index contributed by atoms with van der Waals surface area (Å²) in [4.78, 5) is 11.8. The topological polar surface area (TPSA) is 30.7 Å². The second-order valence-electron chi connectivity index (χ2n) is 4.62. The molecule has 2 rings (SSSR count). The Labute approximate surface area is 88.0 Å². The first-order valence-electron chi connectivity index (χ1n) is 4.78. The molecule has 0 saturated heterocycles. The molecule has 14 heavy (non-hydrogen) atoms. The summed E-state index contributed by atoms with van der Waals surface area (Å²) in [7, 11) is 1.95. The van der Waals surface area contributed by atoms with Crippen LogP contribution in [0.25, 0.3) is 11.0 Å². The predicted octanol–water partition coefficient (Wildman–Crippen LogP) is 1.51. The van der Waals surface area contributed by atoms with Crippen LogP contribution >= 0.6 is 0 Å². The van der Waals surface area contributed by atoms with Crippen molar-refractivity contribution in [3.05, 3.63) is 18.3 Å². The van der Waals surface area contributed by atoms with E-state index in [4.69, 9.17) is 0 Å². The maximum atomic E-state index is 4.68. The fourth-order valence-corrected chi connectivity index (χ4v) is 4.42. The summed E-state index contributed by atoms with van der Waals surface area (Å²) in [6.07, 6.45) is 1.84. The van der Waals surface area contributed by atoms with Crippen LogP contribution in [-0.2, 0) is 7.05 Å². The first-order valence-corrected chi connectivity index (χ1v) is 14.8. The van der Waals surface area contributed by atoms with Crippen molar-refractivity contribution in [2.45, 2.75) is 14.8 Å². The van der Waals surface area contributed by atoms with E-state index in [0.29, 0.717) is 0 Å². The summed E-state index contributed by atoms with van der Waals surface area (Å²) in [6, 6.07) is 4.30. The SMILES string of the molecule is Cn1ncc2n[c]([Sn]([CH3])([CH3])[CH3])ccc21. The van der Waals surface area contributed by atoms with E-state index in [0.717, 1.165) is 11.0 Å².